The first kappa shape index (κ1) is 13.8. The summed E-state index contributed by atoms with van der Waals surface area (Å²) in [5.74, 6) is -0.796. The van der Waals surface area contributed by atoms with Crippen LogP contribution in [0.4, 0.5) is 4.39 Å². The molecule has 0 N–H and O–H groups in total. The van der Waals surface area contributed by atoms with E-state index in [1.165, 1.54) is 18.2 Å². The summed E-state index contributed by atoms with van der Waals surface area (Å²) < 4.78 is 40.4. The Morgan fingerprint density at radius 3 is 2.32 bits per heavy atom. The van der Waals surface area contributed by atoms with Gasteiger partial charge >= 0.3 is 0 Å². The van der Waals surface area contributed by atoms with Gasteiger partial charge in [-0.05, 0) is 58.4 Å². The molecule has 0 aromatic heterocycles. The van der Waals surface area contributed by atoms with Gasteiger partial charge in [0.2, 0.25) is 0 Å². The second-order valence-electron chi connectivity index (χ2n) is 3.63. The van der Waals surface area contributed by atoms with Gasteiger partial charge in [0.25, 0.3) is 10.0 Å². The first-order valence-electron chi connectivity index (χ1n) is 5.09. The number of sulfonamides is 1. The number of carbonyl (C=O) groups excluding carboxylic acids is 1. The number of carbonyl (C=O) groups is 1. The second kappa shape index (κ2) is 5.18. The van der Waals surface area contributed by atoms with Crippen molar-refractivity contribution in [3.05, 3.63) is 52.8 Å². The number of ketones is 1. The van der Waals surface area contributed by atoms with Gasteiger partial charge in [0, 0.05) is 0 Å². The first-order chi connectivity index (χ1) is 8.88. The highest BCUT2D eigenvalue weighted by Crippen LogP contribution is 2.17. The van der Waals surface area contributed by atoms with Crippen molar-refractivity contribution in [1.82, 2.24) is 0 Å². The van der Waals surface area contributed by atoms with Crippen LogP contribution in [0.3, 0.4) is 0 Å². The molecule has 1 aliphatic carbocycles. The maximum atomic E-state index is 12.7. The minimum absolute atomic E-state index is 0.115. The van der Waals surface area contributed by atoms with Crippen LogP contribution in [0, 0.1) is 5.82 Å². The van der Waals surface area contributed by atoms with E-state index < -0.39 is 15.8 Å². The molecule has 19 heavy (non-hydrogen) atoms. The highest BCUT2D eigenvalue weighted by Gasteiger charge is 2.15. The average Bonchev–Trinajstić information content (AvgIpc) is 2.34. The van der Waals surface area contributed by atoms with Crippen LogP contribution in [0.2, 0.25) is 0 Å². The zero-order valence-electron chi connectivity index (χ0n) is 9.38. The molecule has 1 aliphatic rings. The Balaban J connectivity index is 2.40. The molecule has 4 nitrogen and oxygen atoms in total. The van der Waals surface area contributed by atoms with E-state index in [1.54, 1.807) is 0 Å². The summed E-state index contributed by atoms with van der Waals surface area (Å²) in [6, 6.07) is 4.34. The zero-order valence-corrected chi connectivity index (χ0v) is 11.8. The number of hydrogen-bond donors (Lipinski definition) is 0. The van der Waals surface area contributed by atoms with E-state index in [9.17, 15) is 17.6 Å². The molecule has 0 amide bonds. The van der Waals surface area contributed by atoms with Crippen molar-refractivity contribution >= 4 is 37.4 Å². The fourth-order valence-electron chi connectivity index (χ4n) is 1.34. The quantitative estimate of drug-likeness (QED) is 0.774. The molecule has 0 saturated heterocycles. The summed E-state index contributed by atoms with van der Waals surface area (Å²) in [6.45, 7) is 0. The van der Waals surface area contributed by atoms with Crippen LogP contribution in [0.5, 0.6) is 0 Å². The average molecular weight is 344 g/mol. The number of nitrogens with zero attached hydrogens (tertiary/aromatic N) is 1. The van der Waals surface area contributed by atoms with Crippen molar-refractivity contribution < 1.29 is 17.6 Å². The monoisotopic (exact) mass is 343 g/mol. The normalized spacial score (nSPS) is 17.7. The van der Waals surface area contributed by atoms with E-state index in [1.807, 2.05) is 0 Å². The van der Waals surface area contributed by atoms with E-state index in [0.717, 1.165) is 24.3 Å². The standard InChI is InChI=1S/C12H7BrFNO3S/c13-11-7-9(3-6-12(11)16)15-19(17,18)10-4-1-8(14)2-5-10/h1-7H/b15-9-. The minimum atomic E-state index is -3.92. The Bertz CT molecular complexity index is 718. The van der Waals surface area contributed by atoms with Crippen LogP contribution in [-0.2, 0) is 14.8 Å². The van der Waals surface area contributed by atoms with Gasteiger partial charge in [0.1, 0.15) is 5.82 Å². The number of rotatable bonds is 2. The van der Waals surface area contributed by atoms with Gasteiger partial charge in [0.05, 0.1) is 15.1 Å². The van der Waals surface area contributed by atoms with E-state index in [0.29, 0.717) is 0 Å². The largest absolute Gasteiger partial charge is 0.289 e. The molecular formula is C12H7BrFNO3S. The van der Waals surface area contributed by atoms with Gasteiger partial charge in [-0.2, -0.15) is 12.8 Å². The zero-order chi connectivity index (χ0) is 14.0. The summed E-state index contributed by atoms with van der Waals surface area (Å²) in [4.78, 5) is 11.1. The molecule has 1 aromatic rings. The number of halogens is 2. The number of benzene rings is 1. The van der Waals surface area contributed by atoms with Crippen LogP contribution in [0.15, 0.2) is 56.3 Å². The van der Waals surface area contributed by atoms with E-state index in [2.05, 4.69) is 20.3 Å². The van der Waals surface area contributed by atoms with Crippen molar-refractivity contribution in [2.75, 3.05) is 0 Å². The smallest absolute Gasteiger partial charge is 0.282 e. The molecule has 0 radical (unpaired) electrons. The van der Waals surface area contributed by atoms with E-state index >= 15 is 0 Å². The van der Waals surface area contributed by atoms with Crippen molar-refractivity contribution in [2.24, 2.45) is 4.40 Å². The van der Waals surface area contributed by atoms with Crippen molar-refractivity contribution in [2.45, 2.75) is 4.90 Å². The summed E-state index contributed by atoms with van der Waals surface area (Å²) >= 11 is 3.00. The summed E-state index contributed by atoms with van der Waals surface area (Å²) in [6.07, 6.45) is 3.82. The van der Waals surface area contributed by atoms with Crippen LogP contribution >= 0.6 is 15.9 Å². The Hall–Kier alpha value is -1.60. The lowest BCUT2D eigenvalue weighted by molar-refractivity contribution is -0.110. The fourth-order valence-corrected chi connectivity index (χ4v) is 2.69. The van der Waals surface area contributed by atoms with Gasteiger partial charge in [-0.3, -0.25) is 4.79 Å². The van der Waals surface area contributed by atoms with Gasteiger partial charge < -0.3 is 0 Å². The van der Waals surface area contributed by atoms with Crippen molar-refractivity contribution in [1.29, 1.82) is 0 Å². The summed E-state index contributed by atoms with van der Waals surface area (Å²) in [5, 5.41) is 0. The fraction of sp³-hybridized carbons (Fsp3) is 0. The van der Waals surface area contributed by atoms with Gasteiger partial charge in [-0.15, -0.1) is 0 Å². The second-order valence-corrected chi connectivity index (χ2v) is 6.09. The molecule has 2 rings (SSSR count). The molecule has 98 valence electrons. The van der Waals surface area contributed by atoms with Crippen LogP contribution < -0.4 is 0 Å². The summed E-state index contributed by atoms with van der Waals surface area (Å²) in [7, 11) is -3.92. The number of hydrogen-bond acceptors (Lipinski definition) is 3. The Kier molecular flexibility index (Phi) is 3.77. The highest BCUT2D eigenvalue weighted by atomic mass is 79.9. The lowest BCUT2D eigenvalue weighted by atomic mass is 10.2. The Morgan fingerprint density at radius 1 is 1.11 bits per heavy atom. The molecule has 0 saturated carbocycles. The molecular weight excluding hydrogens is 337 g/mol. The van der Waals surface area contributed by atoms with Gasteiger partial charge in [-0.1, -0.05) is 0 Å². The third-order valence-electron chi connectivity index (χ3n) is 2.25. The lowest BCUT2D eigenvalue weighted by Gasteiger charge is -2.03. The van der Waals surface area contributed by atoms with Gasteiger partial charge in [-0.25, -0.2) is 4.39 Å². The number of allylic oxidation sites excluding steroid dienone is 4. The molecule has 0 aliphatic heterocycles. The molecule has 1 aromatic carbocycles. The molecule has 7 heteroatoms. The van der Waals surface area contributed by atoms with Crippen LogP contribution in [-0.4, -0.2) is 19.9 Å². The Labute approximate surface area is 117 Å². The van der Waals surface area contributed by atoms with E-state index in [4.69, 9.17) is 0 Å². The minimum Gasteiger partial charge on any atom is -0.289 e. The van der Waals surface area contributed by atoms with Crippen LogP contribution in [0.25, 0.3) is 0 Å². The van der Waals surface area contributed by atoms with Crippen molar-refractivity contribution in [3.63, 3.8) is 0 Å². The topological polar surface area (TPSA) is 63.6 Å². The Morgan fingerprint density at radius 2 is 1.74 bits per heavy atom. The molecule has 0 bridgehead atoms. The van der Waals surface area contributed by atoms with Crippen molar-refractivity contribution in [3.8, 4) is 0 Å². The first-order valence-corrected chi connectivity index (χ1v) is 7.32. The summed E-state index contributed by atoms with van der Waals surface area (Å²) in [5.41, 5.74) is 0.121. The lowest BCUT2D eigenvalue weighted by Crippen LogP contribution is -2.07. The molecule has 0 fully saturated rings. The van der Waals surface area contributed by atoms with E-state index in [-0.39, 0.29) is 20.9 Å². The van der Waals surface area contributed by atoms with Crippen LogP contribution in [0.1, 0.15) is 0 Å². The van der Waals surface area contributed by atoms with Gasteiger partial charge in [0.15, 0.2) is 5.78 Å². The highest BCUT2D eigenvalue weighted by molar-refractivity contribution is 9.12. The molecule has 0 atom stereocenters. The molecule has 0 heterocycles. The SMILES string of the molecule is O=C1C=C/C(=N/S(=O)(=O)c2ccc(F)cc2)C=C1Br. The maximum absolute atomic E-state index is 12.7. The molecule has 0 unspecified atom stereocenters. The predicted molar refractivity (Wildman–Crippen MR) is 72.2 cm³/mol. The molecule has 0 spiro atoms. The third-order valence-corrected chi connectivity index (χ3v) is 4.19. The third kappa shape index (κ3) is 3.24. The predicted octanol–water partition coefficient (Wildman–Crippen LogP) is 2.37. The maximum Gasteiger partial charge on any atom is 0.282 e.